The smallest absolute Gasteiger partial charge is 0.352 e. The number of β-lactam (4-membered cyclic amide) rings is 1. The summed E-state index contributed by atoms with van der Waals surface area (Å²) in [7, 11) is 1.64. The molecule has 6 rings (SSSR count). The van der Waals surface area contributed by atoms with Gasteiger partial charge in [-0.25, -0.2) is 19.3 Å². The summed E-state index contributed by atoms with van der Waals surface area (Å²) in [6, 6.07) is 1.60. The minimum Gasteiger partial charge on any atom is -0.508 e. The number of tetrazole rings is 1. The molecule has 1 saturated carbocycles. The molecule has 20 heteroatoms. The van der Waals surface area contributed by atoms with E-state index in [2.05, 4.69) is 36.1 Å². The molecule has 1 aromatic carbocycles. The number of aliphatic carboxylic acids is 1. The van der Waals surface area contributed by atoms with E-state index in [0.29, 0.717) is 10.7 Å². The highest BCUT2D eigenvalue weighted by molar-refractivity contribution is 8.01. The first-order chi connectivity index (χ1) is 22.0. The Morgan fingerprint density at radius 1 is 1.24 bits per heavy atom. The van der Waals surface area contributed by atoms with Gasteiger partial charge in [0.2, 0.25) is 17.0 Å². The van der Waals surface area contributed by atoms with Gasteiger partial charge in [0.1, 0.15) is 34.6 Å². The fourth-order valence-corrected chi connectivity index (χ4v) is 7.37. The van der Waals surface area contributed by atoms with E-state index in [9.17, 15) is 34.2 Å². The Kier molecular flexibility index (Phi) is 8.30. The van der Waals surface area contributed by atoms with Gasteiger partial charge in [-0.1, -0.05) is 23.9 Å². The van der Waals surface area contributed by atoms with Gasteiger partial charge in [0, 0.05) is 24.6 Å². The fourth-order valence-electron chi connectivity index (χ4n) is 5.04. The molecule has 2 aromatic heterocycles. The number of urea groups is 1. The lowest BCUT2D eigenvalue weighted by Gasteiger charge is -2.49. The molecule has 3 atom stereocenters. The van der Waals surface area contributed by atoms with Crippen LogP contribution in [0.15, 0.2) is 51.7 Å². The van der Waals surface area contributed by atoms with Crippen LogP contribution in [0.25, 0.3) is 0 Å². The summed E-state index contributed by atoms with van der Waals surface area (Å²) in [5.74, 6) is -2.32. The standard InChI is InChI=1S/C26H27N11O7S2/c1-35-26(32-33-34-35)46-10-12-9-45-22-16(21(41)37(22)18(12)23(42)43)30-20(40)17(11-2-6-14(38)7-3-11)36(24(27)44)15-8-28-25(31-19(15)39)29-13-4-5-13/h2-3,6-8,13,16-17,22,38H,4-5,9-10H2,1H3,(H2,27,44)(H,30,40)(H,42,43)(H2,28,29,31,39)/t16?,17?,22-/m0/s1. The van der Waals surface area contributed by atoms with Crippen molar-refractivity contribution in [2.75, 3.05) is 21.7 Å². The van der Waals surface area contributed by atoms with Crippen molar-refractivity contribution in [3.8, 4) is 5.75 Å². The van der Waals surface area contributed by atoms with Crippen LogP contribution in [0.4, 0.5) is 16.4 Å². The third-order valence-electron chi connectivity index (χ3n) is 7.42. The van der Waals surface area contributed by atoms with E-state index in [1.54, 1.807) is 7.05 Å². The Bertz CT molecular complexity index is 1810. The molecule has 0 spiro atoms. The van der Waals surface area contributed by atoms with Crippen molar-refractivity contribution in [3.63, 3.8) is 0 Å². The third kappa shape index (κ3) is 5.95. The van der Waals surface area contributed by atoms with E-state index in [0.717, 1.165) is 28.8 Å². The molecular formula is C26H27N11O7S2. The van der Waals surface area contributed by atoms with E-state index in [1.807, 2.05) is 0 Å². The molecule has 1 saturated heterocycles. The van der Waals surface area contributed by atoms with Gasteiger partial charge >= 0.3 is 12.0 Å². The molecule has 0 bridgehead atoms. The first-order valence-electron chi connectivity index (χ1n) is 13.8. The lowest BCUT2D eigenvalue weighted by Crippen LogP contribution is -2.71. The van der Waals surface area contributed by atoms with Crippen LogP contribution in [0, 0.1) is 0 Å². The summed E-state index contributed by atoms with van der Waals surface area (Å²) in [5, 5.41) is 36.4. The number of amides is 4. The number of nitrogens with one attached hydrogen (secondary N) is 3. The van der Waals surface area contributed by atoms with Gasteiger partial charge in [0.15, 0.2) is 0 Å². The van der Waals surface area contributed by atoms with E-state index in [4.69, 9.17) is 5.73 Å². The molecule has 7 N–H and O–H groups in total. The van der Waals surface area contributed by atoms with Crippen LogP contribution in [0.5, 0.6) is 5.75 Å². The number of aromatic hydroxyl groups is 1. The van der Waals surface area contributed by atoms with Gasteiger partial charge in [-0.2, -0.15) is 0 Å². The molecule has 1 aliphatic carbocycles. The van der Waals surface area contributed by atoms with Crippen LogP contribution in [0.3, 0.4) is 0 Å². The number of nitrogens with zero attached hydrogens (tertiary/aromatic N) is 7. The highest BCUT2D eigenvalue weighted by Gasteiger charge is 2.55. The second kappa shape index (κ2) is 12.4. The first-order valence-corrected chi connectivity index (χ1v) is 15.9. The fraction of sp³-hybridized carbons (Fsp3) is 0.346. The number of primary amides is 1. The van der Waals surface area contributed by atoms with Gasteiger partial charge in [-0.05, 0) is 46.5 Å². The average Bonchev–Trinajstić information content (AvgIpc) is 3.74. The third-order valence-corrected chi connectivity index (χ3v) is 9.85. The van der Waals surface area contributed by atoms with Crippen LogP contribution in [0.1, 0.15) is 24.4 Å². The van der Waals surface area contributed by atoms with Gasteiger partial charge in [0.25, 0.3) is 11.5 Å². The number of thioether (sulfide) groups is 2. The number of aromatic nitrogens is 6. The Hall–Kier alpha value is -5.11. The van der Waals surface area contributed by atoms with E-state index in [-0.39, 0.29) is 46.2 Å². The summed E-state index contributed by atoms with van der Waals surface area (Å²) in [5.41, 5.74) is 5.10. The Morgan fingerprint density at radius 2 is 1.98 bits per heavy atom. The minimum atomic E-state index is -1.57. The number of hydrogen-bond acceptors (Lipinski definition) is 13. The van der Waals surface area contributed by atoms with Crippen molar-refractivity contribution < 1.29 is 29.4 Å². The minimum absolute atomic E-state index is 0.121. The first kappa shape index (κ1) is 30.9. The summed E-state index contributed by atoms with van der Waals surface area (Å²) in [6.07, 6.45) is 2.95. The molecule has 4 amide bonds. The number of carboxylic acid groups (broad SMARTS) is 1. The van der Waals surface area contributed by atoms with Crippen molar-refractivity contribution in [1.29, 1.82) is 0 Å². The van der Waals surface area contributed by atoms with Gasteiger partial charge in [0.05, 0.1) is 6.20 Å². The van der Waals surface area contributed by atoms with Crippen LogP contribution >= 0.6 is 23.5 Å². The van der Waals surface area contributed by atoms with Crippen molar-refractivity contribution in [1.82, 2.24) is 40.4 Å². The second-order valence-corrected chi connectivity index (χ2v) is 12.6. The number of phenols is 1. The normalized spacial score (nSPS) is 19.6. The predicted octanol–water partition coefficient (Wildman–Crippen LogP) is -0.269. The number of hydrogen-bond donors (Lipinski definition) is 6. The Labute approximate surface area is 267 Å². The lowest BCUT2D eigenvalue weighted by atomic mass is 10.00. The number of benzene rings is 1. The van der Waals surface area contributed by atoms with Crippen LogP contribution in [-0.2, 0) is 21.4 Å². The Balaban J connectivity index is 1.26. The number of nitrogens with two attached hydrogens (primary N) is 1. The molecule has 3 aromatic rings. The van der Waals surface area contributed by atoms with Crippen molar-refractivity contribution in [2.24, 2.45) is 12.8 Å². The Morgan fingerprint density at radius 3 is 2.59 bits per heavy atom. The highest BCUT2D eigenvalue weighted by Crippen LogP contribution is 2.42. The summed E-state index contributed by atoms with van der Waals surface area (Å²) in [4.78, 5) is 74.2. The number of anilines is 2. The van der Waals surface area contributed by atoms with Crippen molar-refractivity contribution >= 4 is 59.0 Å². The average molecular weight is 670 g/mol. The zero-order valence-corrected chi connectivity index (χ0v) is 25.6. The lowest BCUT2D eigenvalue weighted by molar-refractivity contribution is -0.150. The molecule has 3 aliphatic rings. The molecule has 4 heterocycles. The molecule has 0 radical (unpaired) electrons. The number of phenolic OH excluding ortho intramolecular Hbond substituents is 1. The predicted molar refractivity (Wildman–Crippen MR) is 164 cm³/mol. The number of carbonyl (C=O) groups excluding carboxylic acids is 3. The van der Waals surface area contributed by atoms with Crippen molar-refractivity contribution in [3.05, 3.63) is 57.6 Å². The number of H-pyrrole nitrogens is 1. The van der Waals surface area contributed by atoms with Gasteiger partial charge in [-0.15, -0.1) is 16.9 Å². The largest absolute Gasteiger partial charge is 0.508 e. The number of carboxylic acids is 1. The maximum absolute atomic E-state index is 13.9. The van der Waals surface area contributed by atoms with Crippen LogP contribution < -0.4 is 26.8 Å². The maximum Gasteiger partial charge on any atom is 0.352 e. The molecule has 2 fully saturated rings. The zero-order chi connectivity index (χ0) is 32.7. The molecule has 2 aliphatic heterocycles. The SMILES string of the molecule is Cn1nnnc1SCC1=C(C(=O)O)N2C(=O)C(NC(=O)C(c3ccc(O)cc3)N(C(N)=O)c3cnc(NC4CC4)[nH]c3=O)[C@@H]2SC1. The number of aryl methyl sites for hydroxylation is 1. The zero-order valence-electron chi connectivity index (χ0n) is 24.0. The maximum atomic E-state index is 13.9. The number of fused-ring (bicyclic) bond motifs is 1. The van der Waals surface area contributed by atoms with E-state index < -0.39 is 46.8 Å². The molecule has 46 heavy (non-hydrogen) atoms. The van der Waals surface area contributed by atoms with E-state index in [1.165, 1.54) is 52.5 Å². The monoisotopic (exact) mass is 669 g/mol. The van der Waals surface area contributed by atoms with Crippen LogP contribution in [-0.4, -0.2) is 98.1 Å². The highest BCUT2D eigenvalue weighted by atomic mass is 32.2. The summed E-state index contributed by atoms with van der Waals surface area (Å²) < 4.78 is 1.44. The van der Waals surface area contributed by atoms with Crippen LogP contribution in [0.2, 0.25) is 0 Å². The number of rotatable bonds is 11. The topological polar surface area (TPSA) is 255 Å². The number of carbonyl (C=O) groups is 4. The molecule has 2 unspecified atom stereocenters. The number of aromatic amines is 1. The quantitative estimate of drug-likeness (QED) is 0.114. The molecule has 240 valence electrons. The van der Waals surface area contributed by atoms with Crippen molar-refractivity contribution in [2.45, 2.75) is 41.5 Å². The van der Waals surface area contributed by atoms with E-state index >= 15 is 0 Å². The molecular weight excluding hydrogens is 642 g/mol. The molecule has 18 nitrogen and oxygen atoms in total. The van der Waals surface area contributed by atoms with Gasteiger partial charge < -0.3 is 26.6 Å². The summed E-state index contributed by atoms with van der Waals surface area (Å²) >= 11 is 2.47. The summed E-state index contributed by atoms with van der Waals surface area (Å²) in [6.45, 7) is 0. The second-order valence-electron chi connectivity index (χ2n) is 10.6. The van der Waals surface area contributed by atoms with Gasteiger partial charge in [-0.3, -0.25) is 29.2 Å².